The van der Waals surface area contributed by atoms with E-state index in [9.17, 15) is 9.90 Å². The SMILES string of the molecule is CC(C)N(CC[C@H](c1ccccc1)c1cc(CCOc2cccc(CCN(C(=O)O)C(C)(C)C)c2)ccc1OCc1ccccc1)C(C)C. The third-order valence-electron chi connectivity index (χ3n) is 9.11. The van der Waals surface area contributed by atoms with E-state index in [-0.39, 0.29) is 5.92 Å². The Bertz CT molecular complexity index is 1570. The second kappa shape index (κ2) is 17.9. The van der Waals surface area contributed by atoms with Crippen molar-refractivity contribution in [2.24, 2.45) is 0 Å². The maximum absolute atomic E-state index is 11.8. The summed E-state index contributed by atoms with van der Waals surface area (Å²) in [5, 5.41) is 9.67. The fourth-order valence-electron chi connectivity index (χ4n) is 6.51. The van der Waals surface area contributed by atoms with E-state index >= 15 is 0 Å². The van der Waals surface area contributed by atoms with Gasteiger partial charge in [0, 0.05) is 42.1 Å². The lowest BCUT2D eigenvalue weighted by Crippen LogP contribution is -2.45. The second-order valence-electron chi connectivity index (χ2n) is 14.4. The zero-order chi connectivity index (χ0) is 35.4. The molecule has 0 aliphatic carbocycles. The molecule has 0 heterocycles. The van der Waals surface area contributed by atoms with E-state index < -0.39 is 11.6 Å². The van der Waals surface area contributed by atoms with Gasteiger partial charge in [0.1, 0.15) is 18.1 Å². The molecule has 49 heavy (non-hydrogen) atoms. The molecule has 1 N–H and O–H groups in total. The Labute approximate surface area is 294 Å². The van der Waals surface area contributed by atoms with Crippen LogP contribution in [-0.2, 0) is 19.4 Å². The fourth-order valence-corrected chi connectivity index (χ4v) is 6.51. The van der Waals surface area contributed by atoms with Gasteiger partial charge in [-0.3, -0.25) is 4.90 Å². The molecule has 0 spiro atoms. The quantitative estimate of drug-likeness (QED) is 0.122. The van der Waals surface area contributed by atoms with Crippen LogP contribution >= 0.6 is 0 Å². The van der Waals surface area contributed by atoms with Gasteiger partial charge in [-0.1, -0.05) is 84.9 Å². The van der Waals surface area contributed by atoms with E-state index in [2.05, 4.69) is 93.3 Å². The first kappa shape index (κ1) is 37.5. The lowest BCUT2D eigenvalue weighted by Gasteiger charge is -2.33. The predicted molar refractivity (Wildman–Crippen MR) is 201 cm³/mol. The van der Waals surface area contributed by atoms with Gasteiger partial charge < -0.3 is 19.5 Å². The van der Waals surface area contributed by atoms with Gasteiger partial charge in [0.25, 0.3) is 0 Å². The van der Waals surface area contributed by atoms with Crippen LogP contribution in [0.1, 0.15) is 88.6 Å². The first-order valence-corrected chi connectivity index (χ1v) is 17.7. The van der Waals surface area contributed by atoms with Crippen LogP contribution in [0.2, 0.25) is 0 Å². The number of carboxylic acid groups (broad SMARTS) is 1. The molecule has 1 amide bonds. The monoisotopic (exact) mass is 664 g/mol. The van der Waals surface area contributed by atoms with E-state index in [4.69, 9.17) is 9.47 Å². The molecule has 0 saturated heterocycles. The predicted octanol–water partition coefficient (Wildman–Crippen LogP) is 9.85. The number of rotatable bonds is 17. The molecule has 4 rings (SSSR count). The summed E-state index contributed by atoms with van der Waals surface area (Å²) in [6.07, 6.45) is 1.45. The third kappa shape index (κ3) is 11.4. The first-order chi connectivity index (χ1) is 23.4. The average Bonchev–Trinajstić information content (AvgIpc) is 3.06. The zero-order valence-corrected chi connectivity index (χ0v) is 30.6. The Morgan fingerprint density at radius 3 is 1.98 bits per heavy atom. The number of ether oxygens (including phenoxy) is 2. The van der Waals surface area contributed by atoms with Gasteiger partial charge in [-0.05, 0) is 108 Å². The summed E-state index contributed by atoms with van der Waals surface area (Å²) in [6.45, 7) is 17.3. The number of carbonyl (C=O) groups is 1. The van der Waals surface area contributed by atoms with Crippen LogP contribution in [0.15, 0.2) is 103 Å². The van der Waals surface area contributed by atoms with Crippen molar-refractivity contribution in [1.82, 2.24) is 9.80 Å². The zero-order valence-electron chi connectivity index (χ0n) is 30.6. The number of hydrogen-bond acceptors (Lipinski definition) is 4. The highest BCUT2D eigenvalue weighted by Crippen LogP contribution is 2.36. The summed E-state index contributed by atoms with van der Waals surface area (Å²) < 4.78 is 12.8. The van der Waals surface area contributed by atoms with Crippen molar-refractivity contribution >= 4 is 6.09 Å². The molecule has 0 unspecified atom stereocenters. The van der Waals surface area contributed by atoms with Crippen LogP contribution in [0.25, 0.3) is 0 Å². The highest BCUT2D eigenvalue weighted by molar-refractivity contribution is 5.66. The van der Waals surface area contributed by atoms with Gasteiger partial charge in [-0.2, -0.15) is 0 Å². The molecule has 6 heteroatoms. The average molecular weight is 665 g/mol. The van der Waals surface area contributed by atoms with Gasteiger partial charge in [0.2, 0.25) is 0 Å². The van der Waals surface area contributed by atoms with Crippen LogP contribution < -0.4 is 9.47 Å². The number of benzene rings is 4. The molecule has 4 aromatic rings. The number of hydrogen-bond donors (Lipinski definition) is 1. The second-order valence-corrected chi connectivity index (χ2v) is 14.4. The van der Waals surface area contributed by atoms with Crippen LogP contribution in [0.5, 0.6) is 11.5 Å². The van der Waals surface area contributed by atoms with Gasteiger partial charge in [-0.25, -0.2) is 4.79 Å². The Morgan fingerprint density at radius 1 is 0.714 bits per heavy atom. The normalized spacial score (nSPS) is 12.4. The number of amides is 1. The molecule has 0 fully saturated rings. The Balaban J connectivity index is 1.54. The van der Waals surface area contributed by atoms with Crippen molar-refractivity contribution in [3.8, 4) is 11.5 Å². The minimum atomic E-state index is -0.901. The van der Waals surface area contributed by atoms with Crippen molar-refractivity contribution < 1.29 is 19.4 Å². The summed E-state index contributed by atoms with van der Waals surface area (Å²) in [5.41, 5.74) is 5.43. The standard InChI is InChI=1S/C43H56N2O4/c1-32(2)44(33(3)4)26-24-39(37-18-12-9-13-19-37)40-30-35(21-22-41(40)49-31-36-15-10-8-11-16-36)25-28-48-38-20-14-17-34(29-38)23-27-45(42(46)47)43(5,6)7/h8-22,29-30,32-33,39H,23-28,31H2,1-7H3,(H,46,47)/t39-/m1/s1. The van der Waals surface area contributed by atoms with Crippen LogP contribution in [0.4, 0.5) is 4.79 Å². The molecular weight excluding hydrogens is 608 g/mol. The molecule has 4 aromatic carbocycles. The topological polar surface area (TPSA) is 62.2 Å². The first-order valence-electron chi connectivity index (χ1n) is 17.7. The van der Waals surface area contributed by atoms with Gasteiger partial charge in [0.05, 0.1) is 6.61 Å². The minimum Gasteiger partial charge on any atom is -0.493 e. The fraction of sp³-hybridized carbons (Fsp3) is 0.419. The van der Waals surface area contributed by atoms with E-state index in [0.29, 0.717) is 38.3 Å². The molecule has 0 bridgehead atoms. The Hall–Kier alpha value is -4.29. The van der Waals surface area contributed by atoms with Crippen molar-refractivity contribution in [2.75, 3.05) is 19.7 Å². The molecule has 0 aliphatic rings. The van der Waals surface area contributed by atoms with Gasteiger partial charge >= 0.3 is 6.09 Å². The summed E-state index contributed by atoms with van der Waals surface area (Å²) in [5.74, 6) is 1.88. The molecule has 262 valence electrons. The van der Waals surface area contributed by atoms with E-state index in [0.717, 1.165) is 42.0 Å². The Morgan fingerprint density at radius 2 is 1.35 bits per heavy atom. The largest absolute Gasteiger partial charge is 0.493 e. The molecule has 0 radical (unpaired) electrons. The molecule has 6 nitrogen and oxygen atoms in total. The van der Waals surface area contributed by atoms with E-state index in [1.807, 2.05) is 63.2 Å². The summed E-state index contributed by atoms with van der Waals surface area (Å²) in [4.78, 5) is 15.8. The molecule has 0 saturated carbocycles. The lowest BCUT2D eigenvalue weighted by molar-refractivity contribution is 0.101. The smallest absolute Gasteiger partial charge is 0.407 e. The van der Waals surface area contributed by atoms with E-state index in [1.165, 1.54) is 21.6 Å². The van der Waals surface area contributed by atoms with Gasteiger partial charge in [0.15, 0.2) is 0 Å². The van der Waals surface area contributed by atoms with Crippen LogP contribution in [0.3, 0.4) is 0 Å². The van der Waals surface area contributed by atoms with Crippen molar-refractivity contribution in [1.29, 1.82) is 0 Å². The summed E-state index contributed by atoms with van der Waals surface area (Å²) in [7, 11) is 0. The van der Waals surface area contributed by atoms with Crippen molar-refractivity contribution in [3.05, 3.63) is 131 Å². The number of nitrogens with zero attached hydrogens (tertiary/aromatic N) is 2. The highest BCUT2D eigenvalue weighted by Gasteiger charge is 2.26. The molecule has 0 aliphatic heterocycles. The van der Waals surface area contributed by atoms with Crippen molar-refractivity contribution in [3.63, 3.8) is 0 Å². The summed E-state index contributed by atoms with van der Waals surface area (Å²) in [6, 6.07) is 36.7. The molecular formula is C43H56N2O4. The van der Waals surface area contributed by atoms with Crippen LogP contribution in [-0.4, -0.2) is 58.3 Å². The lowest BCUT2D eigenvalue weighted by atomic mass is 9.86. The van der Waals surface area contributed by atoms with E-state index in [1.54, 1.807) is 0 Å². The third-order valence-corrected chi connectivity index (χ3v) is 9.11. The van der Waals surface area contributed by atoms with Crippen molar-refractivity contribution in [2.45, 2.75) is 97.9 Å². The maximum atomic E-state index is 11.8. The minimum absolute atomic E-state index is 0.169. The van der Waals surface area contributed by atoms with Gasteiger partial charge in [-0.15, -0.1) is 0 Å². The van der Waals surface area contributed by atoms with Crippen LogP contribution in [0, 0.1) is 0 Å². The highest BCUT2D eigenvalue weighted by atomic mass is 16.5. The Kier molecular flexibility index (Phi) is 13.7. The summed E-state index contributed by atoms with van der Waals surface area (Å²) >= 11 is 0. The molecule has 1 atom stereocenters. The maximum Gasteiger partial charge on any atom is 0.407 e. The molecule has 0 aromatic heterocycles.